The Hall–Kier alpha value is -3.96. The first-order valence-electron chi connectivity index (χ1n) is 11.8. The smallest absolute Gasteiger partial charge is 0.341 e. The number of nitrogens with zero attached hydrogens (tertiary/aromatic N) is 3. The van der Waals surface area contributed by atoms with Crippen LogP contribution in [0.4, 0.5) is 10.1 Å². The zero-order valence-electron chi connectivity index (χ0n) is 20.0. The van der Waals surface area contributed by atoms with Crippen LogP contribution < -0.4 is 15.6 Å². The second-order valence-corrected chi connectivity index (χ2v) is 10.7. The van der Waals surface area contributed by atoms with Gasteiger partial charge in [-0.1, -0.05) is 18.2 Å². The molecule has 3 heterocycles. The number of piperazine rings is 1. The molecule has 9 nitrogen and oxygen atoms in total. The van der Waals surface area contributed by atoms with Crippen molar-refractivity contribution in [2.45, 2.75) is 24.4 Å². The van der Waals surface area contributed by atoms with Gasteiger partial charge in [0.2, 0.25) is 5.43 Å². The fourth-order valence-electron chi connectivity index (χ4n) is 4.71. The Balaban J connectivity index is 1.47. The average molecular weight is 525 g/mol. The zero-order chi connectivity index (χ0) is 26.3. The molecule has 0 spiro atoms. The van der Waals surface area contributed by atoms with E-state index in [0.29, 0.717) is 37.4 Å². The Morgan fingerprint density at radius 3 is 2.62 bits per heavy atom. The summed E-state index contributed by atoms with van der Waals surface area (Å²) in [5.41, 5.74) is 0.349. The van der Waals surface area contributed by atoms with Crippen molar-refractivity contribution in [3.05, 3.63) is 94.3 Å². The number of aryl methyl sites for hydroxylation is 1. The SMILES string of the molecule is CCn1cc(C(=O)O)c(=O)c2cc(F)c(N3CCNC(c4ccn(S(=O)(=O)c5ccccc5)c4)C3)cc21. The molecule has 11 heteroatoms. The van der Waals surface area contributed by atoms with Gasteiger partial charge in [0.15, 0.2) is 0 Å². The van der Waals surface area contributed by atoms with E-state index < -0.39 is 32.8 Å². The van der Waals surface area contributed by atoms with Crippen molar-refractivity contribution in [1.29, 1.82) is 0 Å². The van der Waals surface area contributed by atoms with Gasteiger partial charge < -0.3 is 19.9 Å². The maximum atomic E-state index is 15.3. The van der Waals surface area contributed by atoms with Gasteiger partial charge in [-0.15, -0.1) is 0 Å². The van der Waals surface area contributed by atoms with Gasteiger partial charge in [-0.3, -0.25) is 4.79 Å². The molecule has 1 fully saturated rings. The molecule has 2 aromatic heterocycles. The van der Waals surface area contributed by atoms with E-state index in [2.05, 4.69) is 5.32 Å². The first kappa shape index (κ1) is 24.7. The van der Waals surface area contributed by atoms with Crippen molar-refractivity contribution < 1.29 is 22.7 Å². The van der Waals surface area contributed by atoms with E-state index in [1.165, 1.54) is 28.5 Å². The van der Waals surface area contributed by atoms with Crippen LogP contribution in [0.5, 0.6) is 0 Å². The molecule has 0 amide bonds. The first-order valence-corrected chi connectivity index (χ1v) is 13.2. The predicted octanol–water partition coefficient (Wildman–Crippen LogP) is 3.05. The van der Waals surface area contributed by atoms with E-state index in [1.54, 1.807) is 41.1 Å². The van der Waals surface area contributed by atoms with E-state index >= 15 is 4.39 Å². The maximum absolute atomic E-state index is 15.3. The molecule has 1 aliphatic rings. The number of hydrogen-bond acceptors (Lipinski definition) is 6. The van der Waals surface area contributed by atoms with E-state index in [-0.39, 0.29) is 16.3 Å². The largest absolute Gasteiger partial charge is 0.477 e. The summed E-state index contributed by atoms with van der Waals surface area (Å²) in [5, 5.41) is 12.7. The molecule has 1 saturated heterocycles. The fraction of sp³-hybridized carbons (Fsp3) is 0.231. The minimum Gasteiger partial charge on any atom is -0.477 e. The van der Waals surface area contributed by atoms with Gasteiger partial charge in [-0.2, -0.15) is 0 Å². The molecule has 1 unspecified atom stereocenters. The molecule has 4 aromatic rings. The molecule has 1 aliphatic heterocycles. The highest BCUT2D eigenvalue weighted by molar-refractivity contribution is 7.90. The molecular formula is C26H25FN4O5S. The number of hydrogen-bond donors (Lipinski definition) is 2. The van der Waals surface area contributed by atoms with Crippen molar-refractivity contribution in [3.63, 3.8) is 0 Å². The molecule has 2 aromatic carbocycles. The summed E-state index contributed by atoms with van der Waals surface area (Å²) in [6.45, 7) is 3.59. The first-order chi connectivity index (χ1) is 17.7. The Kier molecular flexibility index (Phi) is 6.34. The molecule has 0 aliphatic carbocycles. The third-order valence-corrected chi connectivity index (χ3v) is 8.30. The number of anilines is 1. The number of carboxylic acids is 1. The third-order valence-electron chi connectivity index (χ3n) is 6.65. The van der Waals surface area contributed by atoms with E-state index in [1.807, 2.05) is 11.8 Å². The van der Waals surface area contributed by atoms with Gasteiger partial charge in [0.25, 0.3) is 10.0 Å². The summed E-state index contributed by atoms with van der Waals surface area (Å²) < 4.78 is 44.0. The number of nitrogens with one attached hydrogen (secondary N) is 1. The molecule has 0 radical (unpaired) electrons. The van der Waals surface area contributed by atoms with E-state index in [9.17, 15) is 23.1 Å². The highest BCUT2D eigenvalue weighted by Crippen LogP contribution is 2.29. The van der Waals surface area contributed by atoms with Crippen LogP contribution in [0.15, 0.2) is 76.8 Å². The number of fused-ring (bicyclic) bond motifs is 1. The quantitative estimate of drug-likeness (QED) is 0.399. The van der Waals surface area contributed by atoms with Crippen LogP contribution in [0, 0.1) is 5.82 Å². The van der Waals surface area contributed by atoms with Crippen LogP contribution in [-0.2, 0) is 16.6 Å². The average Bonchev–Trinajstić information content (AvgIpc) is 3.41. The zero-order valence-corrected chi connectivity index (χ0v) is 20.8. The number of carbonyl (C=O) groups is 1. The van der Waals surface area contributed by atoms with Gasteiger partial charge in [-0.05, 0) is 42.8 Å². The molecule has 0 saturated carbocycles. The molecule has 0 bridgehead atoms. The van der Waals surface area contributed by atoms with Gasteiger partial charge in [0.1, 0.15) is 11.4 Å². The van der Waals surface area contributed by atoms with Gasteiger partial charge >= 0.3 is 5.97 Å². The molecule has 192 valence electrons. The summed E-state index contributed by atoms with van der Waals surface area (Å²) in [7, 11) is -3.73. The van der Waals surface area contributed by atoms with Gasteiger partial charge in [0, 0.05) is 50.2 Å². The number of pyridine rings is 1. The third kappa shape index (κ3) is 4.40. The lowest BCUT2D eigenvalue weighted by atomic mass is 10.1. The normalized spacial score (nSPS) is 16.3. The number of carboxylic acid groups (broad SMARTS) is 1. The van der Waals surface area contributed by atoms with Gasteiger partial charge in [-0.25, -0.2) is 21.6 Å². The van der Waals surface area contributed by atoms with Crippen LogP contribution in [0.2, 0.25) is 0 Å². The topological polar surface area (TPSA) is 114 Å². The molecule has 5 rings (SSSR count). The van der Waals surface area contributed by atoms with Crippen LogP contribution in [0.1, 0.15) is 28.9 Å². The Bertz CT molecular complexity index is 1660. The summed E-state index contributed by atoms with van der Waals surface area (Å²) in [5.74, 6) is -1.98. The minimum atomic E-state index is -3.73. The van der Waals surface area contributed by atoms with Crippen LogP contribution in [0.25, 0.3) is 10.9 Å². The van der Waals surface area contributed by atoms with Crippen LogP contribution >= 0.6 is 0 Å². The predicted molar refractivity (Wildman–Crippen MR) is 137 cm³/mol. The monoisotopic (exact) mass is 524 g/mol. The van der Waals surface area contributed by atoms with Crippen molar-refractivity contribution >= 4 is 32.6 Å². The lowest BCUT2D eigenvalue weighted by Gasteiger charge is -2.35. The summed E-state index contributed by atoms with van der Waals surface area (Å²) >= 11 is 0. The number of rotatable bonds is 6. The highest BCUT2D eigenvalue weighted by atomic mass is 32.2. The second-order valence-electron chi connectivity index (χ2n) is 8.83. The molecule has 2 N–H and O–H groups in total. The fourth-order valence-corrected chi connectivity index (χ4v) is 5.94. The van der Waals surface area contributed by atoms with E-state index in [4.69, 9.17) is 0 Å². The minimum absolute atomic E-state index is 0.0119. The molecular weight excluding hydrogens is 499 g/mol. The highest BCUT2D eigenvalue weighted by Gasteiger charge is 2.26. The number of aromatic nitrogens is 2. The second kappa shape index (κ2) is 9.49. The number of benzene rings is 2. The van der Waals surface area contributed by atoms with Crippen molar-refractivity contribution in [2.75, 3.05) is 24.5 Å². The summed E-state index contributed by atoms with van der Waals surface area (Å²) in [4.78, 5) is 26.2. The van der Waals surface area contributed by atoms with Crippen LogP contribution in [0.3, 0.4) is 0 Å². The lowest BCUT2D eigenvalue weighted by molar-refractivity contribution is 0.0695. The van der Waals surface area contributed by atoms with E-state index in [0.717, 1.165) is 11.6 Å². The Morgan fingerprint density at radius 1 is 1.16 bits per heavy atom. The molecule has 37 heavy (non-hydrogen) atoms. The number of halogens is 1. The van der Waals surface area contributed by atoms with Crippen molar-refractivity contribution in [1.82, 2.24) is 13.9 Å². The number of aromatic carboxylic acids is 1. The van der Waals surface area contributed by atoms with Crippen molar-refractivity contribution in [3.8, 4) is 0 Å². The van der Waals surface area contributed by atoms with Crippen LogP contribution in [-0.4, -0.2) is 47.7 Å². The summed E-state index contributed by atoms with van der Waals surface area (Å²) in [6.07, 6.45) is 4.34. The van der Waals surface area contributed by atoms with Crippen molar-refractivity contribution in [2.24, 2.45) is 0 Å². The lowest BCUT2D eigenvalue weighted by Crippen LogP contribution is -2.46. The standard InChI is InChI=1S/C26H25FN4O5S/c1-2-29-15-20(26(33)34)25(32)19-12-21(27)24(13-23(19)29)30-11-9-28-22(16-30)17-8-10-31(14-17)37(35,36)18-6-4-3-5-7-18/h3-8,10,12-15,22,28H,2,9,11,16H2,1H3,(H,33,34). The summed E-state index contributed by atoms with van der Waals surface area (Å²) in [6, 6.07) is 12.3. The Morgan fingerprint density at radius 2 is 1.92 bits per heavy atom. The van der Waals surface area contributed by atoms with Gasteiger partial charge in [0.05, 0.1) is 22.1 Å². The maximum Gasteiger partial charge on any atom is 0.341 e. The Labute approximate surface area is 212 Å². The molecule has 1 atom stereocenters.